The molecule has 0 spiro atoms. The molecule has 42 heavy (non-hydrogen) atoms. The van der Waals surface area contributed by atoms with Crippen LogP contribution in [0.1, 0.15) is 51.5 Å². The van der Waals surface area contributed by atoms with E-state index in [4.69, 9.17) is 9.47 Å². The monoisotopic (exact) mass is 562 g/mol. The molecule has 5 aromatic rings. The lowest BCUT2D eigenvalue weighted by Crippen LogP contribution is -2.17. The highest BCUT2D eigenvalue weighted by molar-refractivity contribution is 6.04. The van der Waals surface area contributed by atoms with Gasteiger partial charge in [-0.1, -0.05) is 42.5 Å². The van der Waals surface area contributed by atoms with Crippen LogP contribution in [0.2, 0.25) is 0 Å². The Morgan fingerprint density at radius 1 is 0.952 bits per heavy atom. The van der Waals surface area contributed by atoms with Crippen molar-refractivity contribution in [3.8, 4) is 16.8 Å². The Kier molecular flexibility index (Phi) is 6.88. The summed E-state index contributed by atoms with van der Waals surface area (Å²) in [5, 5.41) is 0.504. The van der Waals surface area contributed by atoms with Gasteiger partial charge in [0.2, 0.25) is 0 Å². The van der Waals surface area contributed by atoms with E-state index >= 15 is 4.39 Å². The molecule has 2 aliphatic rings. The van der Waals surface area contributed by atoms with Crippen molar-refractivity contribution in [1.82, 2.24) is 4.57 Å². The Hall–Kier alpha value is -4.62. The van der Waals surface area contributed by atoms with Crippen molar-refractivity contribution in [2.24, 2.45) is 4.99 Å². The zero-order chi connectivity index (χ0) is 28.6. The van der Waals surface area contributed by atoms with Crippen LogP contribution in [-0.4, -0.2) is 30.0 Å². The summed E-state index contributed by atoms with van der Waals surface area (Å²) < 4.78 is 43.8. The van der Waals surface area contributed by atoms with Crippen LogP contribution in [0.15, 0.2) is 89.9 Å². The van der Waals surface area contributed by atoms with Gasteiger partial charge in [-0.05, 0) is 66.4 Å². The zero-order valence-electron chi connectivity index (χ0n) is 22.9. The normalized spacial score (nSPS) is 14.8. The maximum atomic E-state index is 16.5. The number of benzene rings is 4. The van der Waals surface area contributed by atoms with Gasteiger partial charge in [0.15, 0.2) is 0 Å². The average Bonchev–Trinajstić information content (AvgIpc) is 3.65. The number of halogens is 2. The minimum atomic E-state index is -0.426. The first-order valence-electron chi connectivity index (χ1n) is 14.1. The van der Waals surface area contributed by atoms with E-state index in [0.29, 0.717) is 35.2 Å². The van der Waals surface area contributed by atoms with E-state index in [1.807, 2.05) is 48.5 Å². The van der Waals surface area contributed by atoms with Crippen LogP contribution in [0.25, 0.3) is 27.7 Å². The summed E-state index contributed by atoms with van der Waals surface area (Å²) in [5.41, 5.74) is 6.63. The predicted octanol–water partition coefficient (Wildman–Crippen LogP) is 7.76. The van der Waals surface area contributed by atoms with Crippen LogP contribution in [0, 0.1) is 11.6 Å². The fraction of sp³-hybridized carbons (Fsp3) is 0.200. The number of ether oxygens (including phenoxy) is 2. The van der Waals surface area contributed by atoms with E-state index in [9.17, 15) is 9.18 Å². The van der Waals surface area contributed by atoms with Gasteiger partial charge < -0.3 is 14.0 Å². The van der Waals surface area contributed by atoms with Gasteiger partial charge in [-0.3, -0.25) is 4.99 Å². The third kappa shape index (κ3) is 4.69. The number of aliphatic imine (C=N–C) groups is 1. The summed E-state index contributed by atoms with van der Waals surface area (Å²) in [6, 6.07) is 25.0. The van der Waals surface area contributed by atoms with Crippen molar-refractivity contribution in [2.75, 3.05) is 13.2 Å². The van der Waals surface area contributed by atoms with Crippen LogP contribution in [-0.2, 0) is 22.6 Å². The lowest BCUT2D eigenvalue weighted by Gasteiger charge is -2.26. The van der Waals surface area contributed by atoms with E-state index in [-0.39, 0.29) is 30.7 Å². The Morgan fingerprint density at radius 2 is 1.69 bits per heavy atom. The van der Waals surface area contributed by atoms with Gasteiger partial charge >= 0.3 is 5.97 Å². The first kappa shape index (κ1) is 26.3. The van der Waals surface area contributed by atoms with Crippen LogP contribution in [0.4, 0.5) is 8.78 Å². The molecule has 3 heterocycles. The van der Waals surface area contributed by atoms with E-state index in [1.54, 1.807) is 30.5 Å². The second kappa shape index (κ2) is 11.0. The molecule has 0 N–H and O–H groups in total. The van der Waals surface area contributed by atoms with Crippen molar-refractivity contribution in [3.05, 3.63) is 125 Å². The molecule has 1 saturated heterocycles. The highest BCUT2D eigenvalue weighted by Gasteiger charge is 2.31. The molecule has 5 nitrogen and oxygen atoms in total. The smallest absolute Gasteiger partial charge is 0.338 e. The standard InChI is InChI=1S/C35H28F2N2O3/c36-27-10-12-28(13-11-27)39-30-18-26-19-38-20-29(26)33(37)32(30)31(34(39)24-14-16-41-17-15-24)23-6-8-25(9-7-23)35(40)42-21-22-4-2-1-3-5-22/h1-13,18-19,24H,14-17,20-21H2. The summed E-state index contributed by atoms with van der Waals surface area (Å²) in [7, 11) is 0. The molecular formula is C35H28F2N2O3. The molecule has 2 aliphatic heterocycles. The molecule has 7 heteroatoms. The zero-order valence-corrected chi connectivity index (χ0v) is 22.9. The molecule has 0 atom stereocenters. The van der Waals surface area contributed by atoms with Crippen LogP contribution < -0.4 is 0 Å². The van der Waals surface area contributed by atoms with E-state index in [2.05, 4.69) is 9.56 Å². The number of nitrogens with zero attached hydrogens (tertiary/aromatic N) is 2. The Labute approximate surface area is 242 Å². The minimum Gasteiger partial charge on any atom is -0.457 e. The molecule has 0 aliphatic carbocycles. The Bertz CT molecular complexity index is 1800. The Morgan fingerprint density at radius 3 is 2.43 bits per heavy atom. The van der Waals surface area contributed by atoms with Crippen LogP contribution >= 0.6 is 0 Å². The van der Waals surface area contributed by atoms with Crippen molar-refractivity contribution in [3.63, 3.8) is 0 Å². The van der Waals surface area contributed by atoms with E-state index in [1.165, 1.54) is 12.1 Å². The van der Waals surface area contributed by atoms with Gasteiger partial charge in [-0.2, -0.15) is 0 Å². The summed E-state index contributed by atoms with van der Waals surface area (Å²) in [6.45, 7) is 1.68. The van der Waals surface area contributed by atoms with Crippen molar-refractivity contribution in [2.45, 2.75) is 31.9 Å². The molecule has 0 bridgehead atoms. The topological polar surface area (TPSA) is 52.8 Å². The van der Waals surface area contributed by atoms with Gasteiger partial charge in [0.25, 0.3) is 0 Å². The molecule has 1 fully saturated rings. The second-order valence-corrected chi connectivity index (χ2v) is 10.7. The molecule has 0 amide bonds. The number of aromatic nitrogens is 1. The highest BCUT2D eigenvalue weighted by atomic mass is 19.1. The Balaban J connectivity index is 1.38. The first-order chi connectivity index (χ1) is 20.6. The van der Waals surface area contributed by atoms with Gasteiger partial charge in [-0.15, -0.1) is 0 Å². The molecule has 4 aromatic carbocycles. The largest absolute Gasteiger partial charge is 0.457 e. The molecule has 0 saturated carbocycles. The van der Waals surface area contributed by atoms with Crippen molar-refractivity contribution >= 4 is 23.1 Å². The fourth-order valence-electron chi connectivity index (χ4n) is 6.09. The third-order valence-corrected chi connectivity index (χ3v) is 8.16. The summed E-state index contributed by atoms with van der Waals surface area (Å²) in [5.74, 6) is -0.970. The van der Waals surface area contributed by atoms with E-state index in [0.717, 1.165) is 46.5 Å². The third-order valence-electron chi connectivity index (χ3n) is 8.16. The van der Waals surface area contributed by atoms with Crippen molar-refractivity contribution in [1.29, 1.82) is 0 Å². The molecule has 7 rings (SSSR count). The van der Waals surface area contributed by atoms with Crippen LogP contribution in [0.3, 0.4) is 0 Å². The SMILES string of the molecule is O=C(OCc1ccccc1)c1ccc(-c2c(C3CCOCC3)n(-c3ccc(F)cc3)c3cc4c(c(F)c23)CN=C4)cc1. The summed E-state index contributed by atoms with van der Waals surface area (Å²) in [6.07, 6.45) is 3.26. The van der Waals surface area contributed by atoms with Crippen LogP contribution in [0.5, 0.6) is 0 Å². The lowest BCUT2D eigenvalue weighted by molar-refractivity contribution is 0.0472. The van der Waals surface area contributed by atoms with Gasteiger partial charge in [-0.25, -0.2) is 13.6 Å². The highest BCUT2D eigenvalue weighted by Crippen LogP contribution is 2.46. The fourth-order valence-corrected chi connectivity index (χ4v) is 6.09. The number of esters is 1. The van der Waals surface area contributed by atoms with Crippen molar-refractivity contribution < 1.29 is 23.0 Å². The summed E-state index contributed by atoms with van der Waals surface area (Å²) in [4.78, 5) is 17.2. The van der Waals surface area contributed by atoms with E-state index < -0.39 is 5.97 Å². The van der Waals surface area contributed by atoms with Gasteiger partial charge in [0.1, 0.15) is 18.2 Å². The predicted molar refractivity (Wildman–Crippen MR) is 158 cm³/mol. The molecular weight excluding hydrogens is 534 g/mol. The maximum absolute atomic E-state index is 16.5. The average molecular weight is 563 g/mol. The molecule has 210 valence electrons. The molecule has 0 radical (unpaired) electrons. The quantitative estimate of drug-likeness (QED) is 0.199. The molecule has 1 aromatic heterocycles. The molecule has 0 unspecified atom stereocenters. The number of fused-ring (bicyclic) bond motifs is 2. The number of rotatable bonds is 6. The first-order valence-corrected chi connectivity index (χ1v) is 14.1. The number of hydrogen-bond acceptors (Lipinski definition) is 4. The minimum absolute atomic E-state index is 0.0876. The summed E-state index contributed by atoms with van der Waals surface area (Å²) >= 11 is 0. The van der Waals surface area contributed by atoms with Gasteiger partial charge in [0, 0.05) is 58.8 Å². The number of carbonyl (C=O) groups is 1. The van der Waals surface area contributed by atoms with Gasteiger partial charge in [0.05, 0.1) is 17.6 Å². The lowest BCUT2D eigenvalue weighted by atomic mass is 9.89. The number of carbonyl (C=O) groups excluding carboxylic acids is 1. The second-order valence-electron chi connectivity index (χ2n) is 10.7. The number of hydrogen-bond donors (Lipinski definition) is 0. The maximum Gasteiger partial charge on any atom is 0.338 e.